The average Bonchev–Trinajstić information content (AvgIpc) is 2.90. The predicted molar refractivity (Wildman–Crippen MR) is 113 cm³/mol. The second-order valence-electron chi connectivity index (χ2n) is 6.96. The van der Waals surface area contributed by atoms with Gasteiger partial charge in [0.25, 0.3) is 0 Å². The number of ketones is 1. The van der Waals surface area contributed by atoms with Gasteiger partial charge in [-0.1, -0.05) is 26.7 Å². The number of hydrogen-bond donors (Lipinski definition) is 1. The molecule has 0 radical (unpaired) electrons. The molecule has 1 aromatic heterocycles. The number of nitrogens with zero attached hydrogens (tertiary/aromatic N) is 1. The second-order valence-corrected chi connectivity index (χ2v) is 10.7. The number of benzene rings is 1. The third-order valence-electron chi connectivity index (χ3n) is 4.58. The summed E-state index contributed by atoms with van der Waals surface area (Å²) in [7, 11) is -7.13. The Bertz CT molecular complexity index is 1080. The summed E-state index contributed by atoms with van der Waals surface area (Å²) in [6.45, 7) is 6.80. The van der Waals surface area contributed by atoms with Crippen molar-refractivity contribution in [2.24, 2.45) is 0 Å². The van der Waals surface area contributed by atoms with E-state index in [-0.39, 0.29) is 17.3 Å². The highest BCUT2D eigenvalue weighted by molar-refractivity contribution is 7.92. The van der Waals surface area contributed by atoms with Crippen LogP contribution in [0.25, 0.3) is 10.9 Å². The number of hydrogen-bond acceptors (Lipinski definition) is 5. The van der Waals surface area contributed by atoms with Crippen molar-refractivity contribution < 1.29 is 21.6 Å². The fourth-order valence-electron chi connectivity index (χ4n) is 3.24. The molecule has 28 heavy (non-hydrogen) atoms. The number of anilines is 1. The summed E-state index contributed by atoms with van der Waals surface area (Å²) in [4.78, 5) is 12.2. The number of aromatic nitrogens is 1. The molecule has 1 N–H and O–H groups in total. The first kappa shape index (κ1) is 22.4. The van der Waals surface area contributed by atoms with E-state index in [2.05, 4.69) is 4.72 Å². The Kier molecular flexibility index (Phi) is 6.93. The van der Waals surface area contributed by atoms with Gasteiger partial charge in [0.15, 0.2) is 5.78 Å². The van der Waals surface area contributed by atoms with Crippen LogP contribution in [0.1, 0.15) is 62.5 Å². The molecular formula is C19H28N2O5S2. The Morgan fingerprint density at radius 2 is 1.64 bits per heavy atom. The van der Waals surface area contributed by atoms with Gasteiger partial charge in [0, 0.05) is 22.3 Å². The van der Waals surface area contributed by atoms with E-state index in [1.807, 2.05) is 13.8 Å². The smallest absolute Gasteiger partial charge is 0.239 e. The van der Waals surface area contributed by atoms with Crippen molar-refractivity contribution >= 4 is 42.4 Å². The lowest BCUT2D eigenvalue weighted by Crippen LogP contribution is -2.18. The number of rotatable bonds is 10. The van der Waals surface area contributed by atoms with Crippen molar-refractivity contribution in [1.82, 2.24) is 3.97 Å². The standard InChI is InChI=1S/C19H28N2O5S2/c1-5-7-11-27(23,24)20-16-9-10-18-17(13-16)19(15(4)22)14(3)21(18)28(25,26)12-8-6-2/h9-10,13,20H,5-8,11-12H2,1-4H3. The lowest BCUT2D eigenvalue weighted by molar-refractivity contribution is 0.101. The molecule has 156 valence electrons. The largest absolute Gasteiger partial charge is 0.294 e. The van der Waals surface area contributed by atoms with Crippen LogP contribution < -0.4 is 4.72 Å². The lowest BCUT2D eigenvalue weighted by Gasteiger charge is -2.10. The molecule has 0 saturated carbocycles. The molecule has 9 heteroatoms. The first-order valence-electron chi connectivity index (χ1n) is 9.43. The summed E-state index contributed by atoms with van der Waals surface area (Å²) in [6, 6.07) is 4.62. The highest BCUT2D eigenvalue weighted by Crippen LogP contribution is 2.31. The van der Waals surface area contributed by atoms with Crippen molar-refractivity contribution in [2.75, 3.05) is 16.2 Å². The summed E-state index contributed by atoms with van der Waals surface area (Å²) >= 11 is 0. The summed E-state index contributed by atoms with van der Waals surface area (Å²) in [5.41, 5.74) is 1.35. The summed E-state index contributed by atoms with van der Waals surface area (Å²) in [5, 5.41) is 0.431. The van der Waals surface area contributed by atoms with Gasteiger partial charge in [0.2, 0.25) is 20.0 Å². The zero-order valence-corrected chi connectivity index (χ0v) is 18.4. The maximum atomic E-state index is 12.8. The number of Topliss-reactive ketones (excluding diaryl/α,β-unsaturated/α-hetero) is 1. The van der Waals surface area contributed by atoms with Crippen LogP contribution in [0.5, 0.6) is 0 Å². The topological polar surface area (TPSA) is 102 Å². The normalized spacial score (nSPS) is 12.4. The maximum absolute atomic E-state index is 12.8. The van der Waals surface area contributed by atoms with Crippen LogP contribution in [-0.4, -0.2) is 38.1 Å². The number of carbonyl (C=O) groups excluding carboxylic acids is 1. The van der Waals surface area contributed by atoms with Gasteiger partial charge in [-0.3, -0.25) is 9.52 Å². The van der Waals surface area contributed by atoms with Crippen molar-refractivity contribution in [3.63, 3.8) is 0 Å². The van der Waals surface area contributed by atoms with Crippen molar-refractivity contribution in [1.29, 1.82) is 0 Å². The van der Waals surface area contributed by atoms with Gasteiger partial charge in [-0.25, -0.2) is 20.8 Å². The quantitative estimate of drug-likeness (QED) is 0.582. The van der Waals surface area contributed by atoms with E-state index in [0.29, 0.717) is 40.7 Å². The number of nitrogens with one attached hydrogen (secondary N) is 1. The molecule has 0 fully saturated rings. The number of fused-ring (bicyclic) bond motifs is 1. The molecule has 7 nitrogen and oxygen atoms in total. The molecule has 0 atom stereocenters. The molecule has 0 amide bonds. The highest BCUT2D eigenvalue weighted by atomic mass is 32.2. The third kappa shape index (κ3) is 4.75. The van der Waals surface area contributed by atoms with Crippen LogP contribution in [0, 0.1) is 6.92 Å². The van der Waals surface area contributed by atoms with Crippen LogP contribution in [0.15, 0.2) is 18.2 Å². The molecule has 2 rings (SSSR count). The zero-order valence-electron chi connectivity index (χ0n) is 16.8. The molecule has 0 saturated heterocycles. The molecule has 0 aliphatic carbocycles. The average molecular weight is 429 g/mol. The summed E-state index contributed by atoms with van der Waals surface area (Å²) in [5.74, 6) is -0.276. The van der Waals surface area contributed by atoms with E-state index in [4.69, 9.17) is 0 Å². The first-order valence-corrected chi connectivity index (χ1v) is 12.7. The number of sulfonamides is 1. The highest BCUT2D eigenvalue weighted by Gasteiger charge is 2.25. The second kappa shape index (κ2) is 8.65. The Morgan fingerprint density at radius 3 is 2.21 bits per heavy atom. The van der Waals surface area contributed by atoms with Crippen LogP contribution in [0.4, 0.5) is 5.69 Å². The SMILES string of the molecule is CCCCS(=O)(=O)Nc1ccc2c(c1)c(C(C)=O)c(C)n2S(=O)(=O)CCCC. The van der Waals surface area contributed by atoms with Crippen LogP contribution in [0.3, 0.4) is 0 Å². The zero-order chi connectivity index (χ0) is 21.1. The molecular weight excluding hydrogens is 400 g/mol. The maximum Gasteiger partial charge on any atom is 0.239 e. The Labute approximate surface area is 167 Å². The molecule has 2 aromatic rings. The minimum Gasteiger partial charge on any atom is -0.294 e. The Hall–Kier alpha value is -1.87. The van der Waals surface area contributed by atoms with E-state index in [0.717, 1.165) is 12.8 Å². The van der Waals surface area contributed by atoms with Crippen molar-refractivity contribution in [3.05, 3.63) is 29.5 Å². The molecule has 0 aliphatic heterocycles. The van der Waals surface area contributed by atoms with E-state index in [1.165, 1.54) is 23.0 Å². The molecule has 1 heterocycles. The van der Waals surface area contributed by atoms with Crippen LogP contribution in [-0.2, 0) is 20.0 Å². The van der Waals surface area contributed by atoms with Crippen LogP contribution in [0.2, 0.25) is 0 Å². The van der Waals surface area contributed by atoms with Gasteiger partial charge in [-0.2, -0.15) is 0 Å². The number of unbranched alkanes of at least 4 members (excludes halogenated alkanes) is 2. The van der Waals surface area contributed by atoms with E-state index >= 15 is 0 Å². The van der Waals surface area contributed by atoms with Gasteiger partial charge >= 0.3 is 0 Å². The Balaban J connectivity index is 2.62. The number of carbonyl (C=O) groups is 1. The molecule has 0 bridgehead atoms. The van der Waals surface area contributed by atoms with Crippen molar-refractivity contribution in [2.45, 2.75) is 53.4 Å². The first-order chi connectivity index (χ1) is 13.0. The summed E-state index contributed by atoms with van der Waals surface area (Å²) < 4.78 is 53.8. The van der Waals surface area contributed by atoms with Gasteiger partial charge in [-0.05, 0) is 44.9 Å². The van der Waals surface area contributed by atoms with Gasteiger partial charge in [-0.15, -0.1) is 0 Å². The minimum atomic E-state index is -3.63. The van der Waals surface area contributed by atoms with E-state index in [9.17, 15) is 21.6 Å². The van der Waals surface area contributed by atoms with Crippen molar-refractivity contribution in [3.8, 4) is 0 Å². The molecule has 0 spiro atoms. The predicted octanol–water partition coefficient (Wildman–Crippen LogP) is 3.67. The van der Waals surface area contributed by atoms with E-state index in [1.54, 1.807) is 13.0 Å². The summed E-state index contributed by atoms with van der Waals surface area (Å²) in [6.07, 6.45) is 2.56. The molecule has 0 unspecified atom stereocenters. The van der Waals surface area contributed by atoms with Gasteiger partial charge in [0.1, 0.15) is 0 Å². The minimum absolute atomic E-state index is 0.00649. The molecule has 0 aliphatic rings. The lowest BCUT2D eigenvalue weighted by atomic mass is 10.1. The van der Waals surface area contributed by atoms with E-state index < -0.39 is 20.0 Å². The monoisotopic (exact) mass is 428 g/mol. The fourth-order valence-corrected chi connectivity index (χ4v) is 6.30. The van der Waals surface area contributed by atoms with Crippen LogP contribution >= 0.6 is 0 Å². The molecule has 1 aromatic carbocycles. The third-order valence-corrected chi connectivity index (χ3v) is 7.78. The Morgan fingerprint density at radius 1 is 1.04 bits per heavy atom. The van der Waals surface area contributed by atoms with Gasteiger partial charge in [0.05, 0.1) is 17.0 Å². The fraction of sp³-hybridized carbons (Fsp3) is 0.526. The van der Waals surface area contributed by atoms with Gasteiger partial charge < -0.3 is 0 Å².